The highest BCUT2D eigenvalue weighted by atomic mass is 15.0. The normalized spacial score (nSPS) is 10.7. The Labute approximate surface area is 127 Å². The van der Waals surface area contributed by atoms with Gasteiger partial charge in [-0.2, -0.15) is 0 Å². The minimum Gasteiger partial charge on any atom is -0.370 e. The number of rotatable bonds is 6. The van der Waals surface area contributed by atoms with Crippen molar-refractivity contribution in [2.75, 3.05) is 11.9 Å². The van der Waals surface area contributed by atoms with Gasteiger partial charge in [0.15, 0.2) is 0 Å². The van der Waals surface area contributed by atoms with Crippen LogP contribution in [0.5, 0.6) is 0 Å². The Balaban J connectivity index is 2.27. The molecule has 0 radical (unpaired) electrons. The standard InChI is InChI=1S/C18H25N3/c1-5-11-19-18-16(6-2)14(4)20-17(21-18)12-15-9-7-13(3)8-10-15/h7-10H,5-6,11-12H2,1-4H3,(H,19,20,21). The summed E-state index contributed by atoms with van der Waals surface area (Å²) in [5.41, 5.74) is 4.86. The van der Waals surface area contributed by atoms with Gasteiger partial charge >= 0.3 is 0 Å². The van der Waals surface area contributed by atoms with E-state index in [-0.39, 0.29) is 0 Å². The van der Waals surface area contributed by atoms with Gasteiger partial charge < -0.3 is 5.32 Å². The molecule has 1 aromatic heterocycles. The summed E-state index contributed by atoms with van der Waals surface area (Å²) in [5, 5.41) is 3.44. The topological polar surface area (TPSA) is 37.8 Å². The summed E-state index contributed by atoms with van der Waals surface area (Å²) in [5.74, 6) is 1.90. The molecule has 0 aliphatic rings. The summed E-state index contributed by atoms with van der Waals surface area (Å²) in [6.07, 6.45) is 2.84. The molecule has 0 aliphatic carbocycles. The summed E-state index contributed by atoms with van der Waals surface area (Å²) < 4.78 is 0. The fourth-order valence-corrected chi connectivity index (χ4v) is 2.43. The van der Waals surface area contributed by atoms with Crippen LogP contribution >= 0.6 is 0 Å². The number of aryl methyl sites for hydroxylation is 2. The van der Waals surface area contributed by atoms with E-state index in [9.17, 15) is 0 Å². The predicted octanol–water partition coefficient (Wildman–Crippen LogP) is 4.07. The van der Waals surface area contributed by atoms with Gasteiger partial charge in [0.25, 0.3) is 0 Å². The molecule has 2 rings (SSSR count). The third-order valence-corrected chi connectivity index (χ3v) is 3.64. The molecule has 1 heterocycles. The van der Waals surface area contributed by atoms with Gasteiger partial charge in [0, 0.05) is 24.2 Å². The molecular formula is C18H25N3. The van der Waals surface area contributed by atoms with Crippen molar-refractivity contribution in [2.45, 2.75) is 47.0 Å². The van der Waals surface area contributed by atoms with Gasteiger partial charge in [-0.15, -0.1) is 0 Å². The van der Waals surface area contributed by atoms with E-state index in [2.05, 4.69) is 62.3 Å². The van der Waals surface area contributed by atoms with Crippen molar-refractivity contribution in [2.24, 2.45) is 0 Å². The Morgan fingerprint density at radius 3 is 2.33 bits per heavy atom. The first-order valence-electron chi connectivity index (χ1n) is 7.79. The number of anilines is 1. The van der Waals surface area contributed by atoms with Gasteiger partial charge in [-0.25, -0.2) is 9.97 Å². The highest BCUT2D eigenvalue weighted by molar-refractivity contribution is 5.46. The lowest BCUT2D eigenvalue weighted by Gasteiger charge is -2.13. The van der Waals surface area contributed by atoms with Crippen LogP contribution in [0.2, 0.25) is 0 Å². The van der Waals surface area contributed by atoms with Gasteiger partial charge in [-0.3, -0.25) is 0 Å². The second-order valence-electron chi connectivity index (χ2n) is 5.50. The van der Waals surface area contributed by atoms with Crippen LogP contribution in [0, 0.1) is 13.8 Å². The Morgan fingerprint density at radius 2 is 1.71 bits per heavy atom. The molecule has 2 aromatic rings. The van der Waals surface area contributed by atoms with Gasteiger partial charge in [0.1, 0.15) is 11.6 Å². The van der Waals surface area contributed by atoms with E-state index in [0.717, 1.165) is 43.1 Å². The zero-order chi connectivity index (χ0) is 15.2. The van der Waals surface area contributed by atoms with E-state index in [0.29, 0.717) is 0 Å². The quantitative estimate of drug-likeness (QED) is 0.868. The number of aromatic nitrogens is 2. The summed E-state index contributed by atoms with van der Waals surface area (Å²) in [6, 6.07) is 8.58. The molecule has 0 spiro atoms. The molecule has 3 heteroatoms. The summed E-state index contributed by atoms with van der Waals surface area (Å²) in [4.78, 5) is 9.42. The van der Waals surface area contributed by atoms with Gasteiger partial charge in [-0.1, -0.05) is 43.7 Å². The molecule has 0 saturated heterocycles. The van der Waals surface area contributed by atoms with E-state index in [4.69, 9.17) is 4.98 Å². The van der Waals surface area contributed by atoms with E-state index >= 15 is 0 Å². The fraction of sp³-hybridized carbons (Fsp3) is 0.444. The molecule has 0 saturated carbocycles. The first kappa shape index (κ1) is 15.5. The lowest BCUT2D eigenvalue weighted by atomic mass is 10.1. The lowest BCUT2D eigenvalue weighted by Crippen LogP contribution is -2.11. The van der Waals surface area contributed by atoms with Gasteiger partial charge in [0.2, 0.25) is 0 Å². The molecule has 1 aromatic carbocycles. The molecule has 1 N–H and O–H groups in total. The van der Waals surface area contributed by atoms with Crippen molar-refractivity contribution >= 4 is 5.82 Å². The largest absolute Gasteiger partial charge is 0.370 e. The maximum Gasteiger partial charge on any atom is 0.135 e. The van der Waals surface area contributed by atoms with Crippen LogP contribution in [0.4, 0.5) is 5.82 Å². The molecule has 0 unspecified atom stereocenters. The maximum absolute atomic E-state index is 4.74. The van der Waals surface area contributed by atoms with Crippen LogP contribution < -0.4 is 5.32 Å². The molecule has 3 nitrogen and oxygen atoms in total. The molecule has 112 valence electrons. The lowest BCUT2D eigenvalue weighted by molar-refractivity contribution is 0.886. The summed E-state index contributed by atoms with van der Waals surface area (Å²) >= 11 is 0. The van der Waals surface area contributed by atoms with Crippen LogP contribution in [-0.4, -0.2) is 16.5 Å². The summed E-state index contributed by atoms with van der Waals surface area (Å²) in [6.45, 7) is 9.46. The predicted molar refractivity (Wildman–Crippen MR) is 88.9 cm³/mol. The molecule has 0 amide bonds. The van der Waals surface area contributed by atoms with Crippen molar-refractivity contribution in [3.05, 3.63) is 52.5 Å². The SMILES string of the molecule is CCCNc1nc(Cc2ccc(C)cc2)nc(C)c1CC. The van der Waals surface area contributed by atoms with Crippen LogP contribution in [0.25, 0.3) is 0 Å². The third-order valence-electron chi connectivity index (χ3n) is 3.64. The summed E-state index contributed by atoms with van der Waals surface area (Å²) in [7, 11) is 0. The van der Waals surface area contributed by atoms with Crippen molar-refractivity contribution in [3.8, 4) is 0 Å². The van der Waals surface area contributed by atoms with Crippen LogP contribution in [0.15, 0.2) is 24.3 Å². The molecule has 0 fully saturated rings. The minimum atomic E-state index is 0.784. The average molecular weight is 283 g/mol. The van der Waals surface area contributed by atoms with Crippen molar-refractivity contribution in [1.29, 1.82) is 0 Å². The smallest absolute Gasteiger partial charge is 0.135 e. The average Bonchev–Trinajstić information content (AvgIpc) is 2.47. The van der Waals surface area contributed by atoms with E-state index < -0.39 is 0 Å². The van der Waals surface area contributed by atoms with Gasteiger partial charge in [0.05, 0.1) is 0 Å². The van der Waals surface area contributed by atoms with Crippen LogP contribution in [0.1, 0.15) is 48.5 Å². The molecular weight excluding hydrogens is 258 g/mol. The van der Waals surface area contributed by atoms with E-state index in [1.165, 1.54) is 16.7 Å². The fourth-order valence-electron chi connectivity index (χ4n) is 2.43. The van der Waals surface area contributed by atoms with Crippen molar-refractivity contribution in [3.63, 3.8) is 0 Å². The van der Waals surface area contributed by atoms with Crippen LogP contribution in [0.3, 0.4) is 0 Å². The zero-order valence-electron chi connectivity index (χ0n) is 13.5. The molecule has 0 atom stereocenters. The Kier molecular flexibility index (Phi) is 5.32. The Hall–Kier alpha value is -1.90. The Bertz CT molecular complexity index is 588. The second kappa shape index (κ2) is 7.21. The number of benzene rings is 1. The molecule has 21 heavy (non-hydrogen) atoms. The second-order valence-corrected chi connectivity index (χ2v) is 5.50. The molecule has 0 aliphatic heterocycles. The monoisotopic (exact) mass is 283 g/mol. The minimum absolute atomic E-state index is 0.784. The zero-order valence-corrected chi connectivity index (χ0v) is 13.5. The first-order valence-corrected chi connectivity index (χ1v) is 7.79. The number of hydrogen-bond donors (Lipinski definition) is 1. The molecule has 0 bridgehead atoms. The van der Waals surface area contributed by atoms with Crippen molar-refractivity contribution in [1.82, 2.24) is 9.97 Å². The van der Waals surface area contributed by atoms with E-state index in [1.807, 2.05) is 0 Å². The Morgan fingerprint density at radius 1 is 1.00 bits per heavy atom. The van der Waals surface area contributed by atoms with Crippen molar-refractivity contribution < 1.29 is 0 Å². The van der Waals surface area contributed by atoms with Crippen LogP contribution in [-0.2, 0) is 12.8 Å². The number of hydrogen-bond acceptors (Lipinski definition) is 3. The number of nitrogens with one attached hydrogen (secondary N) is 1. The van der Waals surface area contributed by atoms with Gasteiger partial charge in [-0.05, 0) is 32.3 Å². The van der Waals surface area contributed by atoms with E-state index in [1.54, 1.807) is 0 Å². The number of nitrogens with zero attached hydrogens (tertiary/aromatic N) is 2. The first-order chi connectivity index (χ1) is 10.1. The highest BCUT2D eigenvalue weighted by Crippen LogP contribution is 2.18. The maximum atomic E-state index is 4.74. The highest BCUT2D eigenvalue weighted by Gasteiger charge is 2.10. The third kappa shape index (κ3) is 4.03.